The first kappa shape index (κ1) is 33.0. The molecule has 2 aliphatic carbocycles. The zero-order chi connectivity index (χ0) is 35.2. The maximum Gasteiger partial charge on any atom is 0.164 e. The Kier molecular flexibility index (Phi) is 9.66. The zero-order valence-electron chi connectivity index (χ0n) is 29.1. The highest BCUT2D eigenvalue weighted by Crippen LogP contribution is 2.46. The number of aromatic nitrogens is 3. The molecule has 0 aliphatic heterocycles. The van der Waals surface area contributed by atoms with Crippen molar-refractivity contribution in [1.29, 1.82) is 0 Å². The Bertz CT molecular complexity index is 2380. The number of rotatable bonds is 7. The van der Waals surface area contributed by atoms with Gasteiger partial charge in [0.1, 0.15) is 0 Å². The Balaban J connectivity index is 0.00000200. The van der Waals surface area contributed by atoms with E-state index in [2.05, 4.69) is 127 Å². The maximum absolute atomic E-state index is 5.18. The summed E-state index contributed by atoms with van der Waals surface area (Å²) in [5.74, 6) is 8.13. The SMILES string of the molecule is C=C=C(NC)c1ccc(-c2cccc3c2Cc2cccc(-c4nc(-c5ccccc5)nc(-c5cccc(C6C=CC#CC=C6)c5)n4)c2-3)cc1.CC. The van der Waals surface area contributed by atoms with Crippen LogP contribution in [0.1, 0.15) is 42.0 Å². The minimum atomic E-state index is 0.112. The molecular formula is C47H38N4. The van der Waals surface area contributed by atoms with Gasteiger partial charge >= 0.3 is 0 Å². The molecule has 1 heterocycles. The second-order valence-corrected chi connectivity index (χ2v) is 12.1. The molecule has 2 aliphatic rings. The van der Waals surface area contributed by atoms with E-state index in [1.54, 1.807) is 0 Å². The molecule has 0 bridgehead atoms. The van der Waals surface area contributed by atoms with Crippen LogP contribution in [0.25, 0.3) is 62.1 Å². The topological polar surface area (TPSA) is 50.7 Å². The van der Waals surface area contributed by atoms with Gasteiger partial charge in [-0.15, -0.1) is 5.73 Å². The molecule has 1 aromatic heterocycles. The summed E-state index contributed by atoms with van der Waals surface area (Å²) in [6, 6.07) is 40.3. The predicted octanol–water partition coefficient (Wildman–Crippen LogP) is 10.7. The van der Waals surface area contributed by atoms with Crippen molar-refractivity contribution < 1.29 is 0 Å². The average molecular weight is 659 g/mol. The van der Waals surface area contributed by atoms with Crippen LogP contribution in [0, 0.1) is 11.8 Å². The molecule has 0 spiro atoms. The average Bonchev–Trinajstić information content (AvgIpc) is 3.37. The lowest BCUT2D eigenvalue weighted by Crippen LogP contribution is -2.03. The van der Waals surface area contributed by atoms with Crippen molar-refractivity contribution in [2.45, 2.75) is 26.2 Å². The molecule has 0 saturated heterocycles. The van der Waals surface area contributed by atoms with Crippen LogP contribution in [-0.2, 0) is 6.42 Å². The van der Waals surface area contributed by atoms with Crippen LogP contribution >= 0.6 is 0 Å². The molecular weight excluding hydrogens is 621 g/mol. The molecule has 4 heteroatoms. The quantitative estimate of drug-likeness (QED) is 0.137. The van der Waals surface area contributed by atoms with Crippen molar-refractivity contribution >= 4 is 5.70 Å². The number of benzene rings is 5. The molecule has 0 radical (unpaired) electrons. The van der Waals surface area contributed by atoms with Gasteiger partial charge in [0, 0.05) is 35.2 Å². The molecule has 6 aromatic rings. The summed E-state index contributed by atoms with van der Waals surface area (Å²) in [5, 5.41) is 3.17. The fraction of sp³-hybridized carbons (Fsp3) is 0.106. The molecule has 0 fully saturated rings. The van der Waals surface area contributed by atoms with Gasteiger partial charge in [-0.2, -0.15) is 0 Å². The van der Waals surface area contributed by atoms with E-state index >= 15 is 0 Å². The molecule has 0 atom stereocenters. The number of fused-ring (bicyclic) bond motifs is 3. The van der Waals surface area contributed by atoms with Gasteiger partial charge in [-0.05, 0) is 63.6 Å². The molecule has 0 unspecified atom stereocenters. The lowest BCUT2D eigenvalue weighted by atomic mass is 9.94. The molecule has 8 rings (SSSR count). The van der Waals surface area contributed by atoms with Crippen molar-refractivity contribution in [2.75, 3.05) is 7.05 Å². The van der Waals surface area contributed by atoms with Crippen molar-refractivity contribution in [3.05, 3.63) is 174 Å². The first-order chi connectivity index (χ1) is 25.2. The van der Waals surface area contributed by atoms with Gasteiger partial charge in [0.05, 0.1) is 5.70 Å². The highest BCUT2D eigenvalue weighted by Gasteiger charge is 2.26. The maximum atomic E-state index is 5.18. The fourth-order valence-corrected chi connectivity index (χ4v) is 6.79. The highest BCUT2D eigenvalue weighted by atomic mass is 15.0. The number of nitrogens with one attached hydrogen (secondary N) is 1. The van der Waals surface area contributed by atoms with Gasteiger partial charge in [0.25, 0.3) is 0 Å². The van der Waals surface area contributed by atoms with E-state index in [4.69, 9.17) is 15.0 Å². The lowest BCUT2D eigenvalue weighted by Gasteiger charge is -2.14. The molecule has 1 N–H and O–H groups in total. The third kappa shape index (κ3) is 6.59. The van der Waals surface area contributed by atoms with Crippen molar-refractivity contribution in [2.24, 2.45) is 0 Å². The molecule has 0 amide bonds. The summed E-state index contributed by atoms with van der Waals surface area (Å²) in [5.41, 5.74) is 16.3. The van der Waals surface area contributed by atoms with Crippen molar-refractivity contribution in [3.8, 4) is 68.3 Å². The summed E-state index contributed by atoms with van der Waals surface area (Å²) in [6.45, 7) is 7.82. The normalized spacial score (nSPS) is 12.3. The van der Waals surface area contributed by atoms with Gasteiger partial charge < -0.3 is 5.32 Å². The van der Waals surface area contributed by atoms with Crippen LogP contribution in [0.2, 0.25) is 0 Å². The Morgan fingerprint density at radius 3 is 2.02 bits per heavy atom. The molecule has 0 saturated carbocycles. The number of hydrogen-bond donors (Lipinski definition) is 1. The van der Waals surface area contributed by atoms with Crippen LogP contribution in [0.15, 0.2) is 152 Å². The third-order valence-electron chi connectivity index (χ3n) is 9.17. The molecule has 246 valence electrons. The summed E-state index contributed by atoms with van der Waals surface area (Å²) in [4.78, 5) is 15.3. The van der Waals surface area contributed by atoms with E-state index in [1.165, 1.54) is 33.4 Å². The Morgan fingerprint density at radius 2 is 1.29 bits per heavy atom. The Morgan fingerprint density at radius 1 is 0.667 bits per heavy atom. The standard InChI is InChI=1S/C45H32N4.C2H6/c1-3-41(46-2)32-26-24-31(25-27-32)37-21-13-22-38-40(37)29-35-19-12-23-39(42(35)38)45-48-43(33-16-9-6-10-17-33)47-44(49-45)36-20-11-18-34(28-36)30-14-7-4-5-8-15-30;1-2/h6-28,30,46H,1,29H2,2H3;1-2H3. The van der Waals surface area contributed by atoms with Gasteiger partial charge in [0.15, 0.2) is 17.5 Å². The van der Waals surface area contributed by atoms with Crippen LogP contribution < -0.4 is 5.32 Å². The smallest absolute Gasteiger partial charge is 0.164 e. The van der Waals surface area contributed by atoms with Crippen LogP contribution in [0.4, 0.5) is 0 Å². The summed E-state index contributed by atoms with van der Waals surface area (Å²) >= 11 is 0. The molecule has 4 nitrogen and oxygen atoms in total. The molecule has 51 heavy (non-hydrogen) atoms. The van der Waals surface area contributed by atoms with Crippen LogP contribution in [0.5, 0.6) is 0 Å². The van der Waals surface area contributed by atoms with Gasteiger partial charge in [-0.1, -0.05) is 154 Å². The van der Waals surface area contributed by atoms with E-state index in [0.717, 1.165) is 39.9 Å². The second-order valence-electron chi connectivity index (χ2n) is 12.1. The first-order valence-electron chi connectivity index (χ1n) is 17.4. The monoisotopic (exact) mass is 658 g/mol. The zero-order valence-corrected chi connectivity index (χ0v) is 29.1. The predicted molar refractivity (Wildman–Crippen MR) is 212 cm³/mol. The van der Waals surface area contributed by atoms with E-state index in [1.807, 2.05) is 63.4 Å². The van der Waals surface area contributed by atoms with E-state index < -0.39 is 0 Å². The third-order valence-corrected chi connectivity index (χ3v) is 9.17. The number of hydrogen-bond acceptors (Lipinski definition) is 4. The number of allylic oxidation sites excluding steroid dienone is 4. The van der Waals surface area contributed by atoms with Crippen molar-refractivity contribution in [3.63, 3.8) is 0 Å². The fourth-order valence-electron chi connectivity index (χ4n) is 6.79. The molecule has 5 aromatic carbocycles. The second kappa shape index (κ2) is 14.9. The van der Waals surface area contributed by atoms with E-state index in [-0.39, 0.29) is 5.92 Å². The summed E-state index contributed by atoms with van der Waals surface area (Å²) in [6.07, 6.45) is 8.91. The summed E-state index contributed by atoms with van der Waals surface area (Å²) < 4.78 is 0. The Labute approximate surface area is 300 Å². The van der Waals surface area contributed by atoms with Gasteiger partial charge in [-0.25, -0.2) is 15.0 Å². The highest BCUT2D eigenvalue weighted by molar-refractivity contribution is 5.92. The summed E-state index contributed by atoms with van der Waals surface area (Å²) in [7, 11) is 1.89. The minimum Gasteiger partial charge on any atom is -0.381 e. The lowest BCUT2D eigenvalue weighted by molar-refractivity contribution is 1.06. The van der Waals surface area contributed by atoms with Gasteiger partial charge in [0.2, 0.25) is 0 Å². The van der Waals surface area contributed by atoms with E-state index in [9.17, 15) is 0 Å². The first-order valence-corrected chi connectivity index (χ1v) is 17.4. The Hall–Kier alpha value is -6.53. The largest absolute Gasteiger partial charge is 0.381 e. The van der Waals surface area contributed by atoms with Crippen molar-refractivity contribution in [1.82, 2.24) is 20.3 Å². The van der Waals surface area contributed by atoms with Gasteiger partial charge in [-0.3, -0.25) is 0 Å². The van der Waals surface area contributed by atoms with Crippen LogP contribution in [-0.4, -0.2) is 22.0 Å². The van der Waals surface area contributed by atoms with Crippen LogP contribution in [0.3, 0.4) is 0 Å². The number of nitrogens with zero attached hydrogens (tertiary/aromatic N) is 3. The van der Waals surface area contributed by atoms with E-state index in [0.29, 0.717) is 17.5 Å². The minimum absolute atomic E-state index is 0.112.